The third kappa shape index (κ3) is 3.56. The van der Waals surface area contributed by atoms with E-state index in [-0.39, 0.29) is 18.6 Å². The van der Waals surface area contributed by atoms with Gasteiger partial charge in [0.05, 0.1) is 18.8 Å². The Labute approximate surface area is 135 Å². The van der Waals surface area contributed by atoms with Gasteiger partial charge < -0.3 is 20.2 Å². The van der Waals surface area contributed by atoms with Gasteiger partial charge in [-0.2, -0.15) is 0 Å². The van der Waals surface area contributed by atoms with E-state index in [1.807, 2.05) is 12.1 Å². The number of hydrogen-bond acceptors (Lipinski definition) is 3. The highest BCUT2D eigenvalue weighted by Gasteiger charge is 2.27. The number of fused-ring (bicyclic) bond motifs is 1. The molecular formula is C18H22N2O3. The van der Waals surface area contributed by atoms with Crippen molar-refractivity contribution in [3.8, 4) is 0 Å². The van der Waals surface area contributed by atoms with Crippen molar-refractivity contribution in [2.24, 2.45) is 0 Å². The van der Waals surface area contributed by atoms with Gasteiger partial charge in [-0.25, -0.2) is 4.79 Å². The van der Waals surface area contributed by atoms with Gasteiger partial charge in [-0.3, -0.25) is 0 Å². The first kappa shape index (κ1) is 15.6. The summed E-state index contributed by atoms with van der Waals surface area (Å²) in [7, 11) is 0. The largest absolute Gasteiger partial charge is 0.466 e. The average molecular weight is 314 g/mol. The Balaban J connectivity index is 1.58. The molecule has 0 spiro atoms. The minimum absolute atomic E-state index is 0.0218. The van der Waals surface area contributed by atoms with Crippen LogP contribution in [0, 0.1) is 0 Å². The first-order valence-corrected chi connectivity index (χ1v) is 7.95. The van der Waals surface area contributed by atoms with E-state index >= 15 is 0 Å². The lowest BCUT2D eigenvalue weighted by Gasteiger charge is -2.27. The molecule has 0 radical (unpaired) electrons. The molecule has 3 N–H and O–H groups in total. The Morgan fingerprint density at radius 2 is 2.17 bits per heavy atom. The molecule has 3 rings (SSSR count). The molecule has 0 saturated carbocycles. The third-order valence-electron chi connectivity index (χ3n) is 4.32. The van der Waals surface area contributed by atoms with Crippen LogP contribution in [-0.2, 0) is 12.0 Å². The predicted molar refractivity (Wildman–Crippen MR) is 86.9 cm³/mol. The second-order valence-electron chi connectivity index (χ2n) is 6.22. The SMILES string of the molecule is CC(O)(CNC(=O)NC1CCCc2ccccc21)c1ccco1. The molecule has 23 heavy (non-hydrogen) atoms. The lowest BCUT2D eigenvalue weighted by Crippen LogP contribution is -2.44. The van der Waals surface area contributed by atoms with Gasteiger partial charge >= 0.3 is 6.03 Å². The van der Waals surface area contributed by atoms with Crippen molar-refractivity contribution in [2.75, 3.05) is 6.54 Å². The van der Waals surface area contributed by atoms with Gasteiger partial charge in [0.15, 0.2) is 0 Å². The summed E-state index contributed by atoms with van der Waals surface area (Å²) in [6.07, 6.45) is 4.55. The van der Waals surface area contributed by atoms with Gasteiger partial charge in [-0.1, -0.05) is 24.3 Å². The fraction of sp³-hybridized carbons (Fsp3) is 0.389. The molecular weight excluding hydrogens is 292 g/mol. The van der Waals surface area contributed by atoms with Crippen LogP contribution in [0.25, 0.3) is 0 Å². The summed E-state index contributed by atoms with van der Waals surface area (Å²) in [6, 6.07) is 11.4. The van der Waals surface area contributed by atoms with Crippen LogP contribution in [0.15, 0.2) is 47.1 Å². The number of carbonyl (C=O) groups is 1. The Morgan fingerprint density at radius 3 is 2.96 bits per heavy atom. The molecule has 1 aliphatic carbocycles. The van der Waals surface area contributed by atoms with Crippen LogP contribution >= 0.6 is 0 Å². The van der Waals surface area contributed by atoms with Crippen molar-refractivity contribution >= 4 is 6.03 Å². The van der Waals surface area contributed by atoms with Gasteiger partial charge in [-0.15, -0.1) is 0 Å². The highest BCUT2D eigenvalue weighted by atomic mass is 16.4. The lowest BCUT2D eigenvalue weighted by molar-refractivity contribution is 0.0366. The molecule has 0 saturated heterocycles. The van der Waals surface area contributed by atoms with E-state index in [4.69, 9.17) is 4.42 Å². The average Bonchev–Trinajstić information content (AvgIpc) is 3.09. The fourth-order valence-electron chi connectivity index (χ4n) is 3.04. The fourth-order valence-corrected chi connectivity index (χ4v) is 3.04. The van der Waals surface area contributed by atoms with Gasteiger partial charge in [0.2, 0.25) is 0 Å². The number of furan rings is 1. The highest BCUT2D eigenvalue weighted by molar-refractivity contribution is 5.74. The topological polar surface area (TPSA) is 74.5 Å². The maximum atomic E-state index is 12.2. The van der Waals surface area contributed by atoms with Gasteiger partial charge in [-0.05, 0) is 49.4 Å². The van der Waals surface area contributed by atoms with Crippen LogP contribution in [0.1, 0.15) is 42.7 Å². The molecule has 5 nitrogen and oxygen atoms in total. The standard InChI is InChI=1S/C18H22N2O3/c1-18(22,16-10-5-11-23-16)12-19-17(21)20-15-9-4-7-13-6-2-3-8-14(13)15/h2-3,5-6,8,10-11,15,22H,4,7,9,12H2,1H3,(H2,19,20,21). The summed E-state index contributed by atoms with van der Waals surface area (Å²) in [5.74, 6) is 0.431. The number of rotatable bonds is 4. The van der Waals surface area contributed by atoms with E-state index in [0.717, 1.165) is 19.3 Å². The van der Waals surface area contributed by atoms with Crippen LogP contribution in [0.3, 0.4) is 0 Å². The smallest absolute Gasteiger partial charge is 0.315 e. The molecule has 2 atom stereocenters. The number of amides is 2. The summed E-state index contributed by atoms with van der Waals surface area (Å²) in [5, 5.41) is 16.1. The molecule has 2 unspecified atom stereocenters. The summed E-state index contributed by atoms with van der Waals surface area (Å²) in [5.41, 5.74) is 1.25. The van der Waals surface area contributed by atoms with Gasteiger partial charge in [0.25, 0.3) is 0 Å². The summed E-state index contributed by atoms with van der Waals surface area (Å²) < 4.78 is 5.21. The maximum absolute atomic E-state index is 12.2. The van der Waals surface area contributed by atoms with Crippen molar-refractivity contribution in [3.63, 3.8) is 0 Å². The summed E-state index contributed by atoms with van der Waals surface area (Å²) in [4.78, 5) is 12.2. The molecule has 1 aromatic heterocycles. The maximum Gasteiger partial charge on any atom is 0.315 e. The normalized spacial score (nSPS) is 19.5. The van der Waals surface area contributed by atoms with E-state index in [1.54, 1.807) is 19.1 Å². The number of aryl methyl sites for hydroxylation is 1. The predicted octanol–water partition coefficient (Wildman–Crippen LogP) is 2.86. The van der Waals surface area contributed by atoms with E-state index in [2.05, 4.69) is 22.8 Å². The Morgan fingerprint density at radius 1 is 1.35 bits per heavy atom. The van der Waals surface area contributed by atoms with Crippen LogP contribution in [0.5, 0.6) is 0 Å². The van der Waals surface area contributed by atoms with Gasteiger partial charge in [0, 0.05) is 0 Å². The molecule has 5 heteroatoms. The zero-order chi connectivity index (χ0) is 16.3. The van der Waals surface area contributed by atoms with Crippen molar-refractivity contribution in [3.05, 3.63) is 59.5 Å². The Kier molecular flexibility index (Phi) is 4.39. The minimum atomic E-state index is -1.23. The molecule has 1 aliphatic rings. The molecule has 2 amide bonds. The van der Waals surface area contributed by atoms with E-state index < -0.39 is 5.60 Å². The zero-order valence-electron chi connectivity index (χ0n) is 13.2. The van der Waals surface area contributed by atoms with Crippen LogP contribution in [0.4, 0.5) is 4.79 Å². The number of benzene rings is 1. The molecule has 2 aromatic rings. The van der Waals surface area contributed by atoms with Crippen molar-refractivity contribution in [1.82, 2.24) is 10.6 Å². The van der Waals surface area contributed by atoms with Crippen LogP contribution in [-0.4, -0.2) is 17.7 Å². The highest BCUT2D eigenvalue weighted by Crippen LogP contribution is 2.29. The number of aliphatic hydroxyl groups is 1. The van der Waals surface area contributed by atoms with Crippen molar-refractivity contribution in [1.29, 1.82) is 0 Å². The number of nitrogens with one attached hydrogen (secondary N) is 2. The van der Waals surface area contributed by atoms with Crippen LogP contribution in [0.2, 0.25) is 0 Å². The third-order valence-corrected chi connectivity index (χ3v) is 4.32. The first-order chi connectivity index (χ1) is 11.1. The Hall–Kier alpha value is -2.27. The number of hydrogen-bond donors (Lipinski definition) is 3. The first-order valence-electron chi connectivity index (χ1n) is 7.95. The number of carbonyl (C=O) groups excluding carboxylic acids is 1. The lowest BCUT2D eigenvalue weighted by atomic mass is 9.88. The van der Waals surface area contributed by atoms with Crippen molar-refractivity contribution in [2.45, 2.75) is 37.8 Å². The molecule has 0 fully saturated rings. The zero-order valence-corrected chi connectivity index (χ0v) is 13.2. The minimum Gasteiger partial charge on any atom is -0.466 e. The van der Waals surface area contributed by atoms with E-state index in [9.17, 15) is 9.90 Å². The number of urea groups is 1. The molecule has 122 valence electrons. The van der Waals surface area contributed by atoms with Crippen LogP contribution < -0.4 is 10.6 Å². The molecule has 1 aromatic carbocycles. The Bertz CT molecular complexity index is 665. The second kappa shape index (κ2) is 6.46. The van der Waals surface area contributed by atoms with E-state index in [1.165, 1.54) is 17.4 Å². The van der Waals surface area contributed by atoms with E-state index in [0.29, 0.717) is 5.76 Å². The monoisotopic (exact) mass is 314 g/mol. The quantitative estimate of drug-likeness (QED) is 0.812. The molecule has 1 heterocycles. The summed E-state index contributed by atoms with van der Waals surface area (Å²) >= 11 is 0. The van der Waals surface area contributed by atoms with Crippen molar-refractivity contribution < 1.29 is 14.3 Å². The second-order valence-corrected chi connectivity index (χ2v) is 6.22. The molecule has 0 bridgehead atoms. The molecule has 0 aliphatic heterocycles. The van der Waals surface area contributed by atoms with Gasteiger partial charge in [0.1, 0.15) is 11.4 Å². The summed E-state index contributed by atoms with van der Waals surface area (Å²) in [6.45, 7) is 1.70.